The summed E-state index contributed by atoms with van der Waals surface area (Å²) in [7, 11) is 1.74. The maximum Gasteiger partial charge on any atom is 0.387 e. The summed E-state index contributed by atoms with van der Waals surface area (Å²) in [5.74, 6) is 0.915. The third-order valence-electron chi connectivity index (χ3n) is 3.70. The predicted octanol–water partition coefficient (Wildman–Crippen LogP) is 4.15. The average molecular weight is 352 g/mol. The second kappa shape index (κ2) is 7.57. The van der Waals surface area contributed by atoms with Crippen LogP contribution < -0.4 is 4.74 Å². The number of para-hydroxylation sites is 1. The molecule has 0 fully saturated rings. The minimum Gasteiger partial charge on any atom is -0.434 e. The van der Waals surface area contributed by atoms with Crippen LogP contribution in [0.1, 0.15) is 11.4 Å². The SMILES string of the molecule is Cn1c(C(C#N)=Cc2ccccc2OC(F)F)nnc1-c1ccccc1. The van der Waals surface area contributed by atoms with Crippen LogP contribution in [0.5, 0.6) is 5.75 Å². The van der Waals surface area contributed by atoms with Gasteiger partial charge in [0.15, 0.2) is 11.6 Å². The zero-order chi connectivity index (χ0) is 18.5. The number of hydrogen-bond donors (Lipinski definition) is 0. The first-order valence-electron chi connectivity index (χ1n) is 7.71. The van der Waals surface area contributed by atoms with Gasteiger partial charge in [0.2, 0.25) is 0 Å². The van der Waals surface area contributed by atoms with Gasteiger partial charge in [-0.1, -0.05) is 48.5 Å². The molecule has 0 spiro atoms. The zero-order valence-corrected chi connectivity index (χ0v) is 13.8. The molecule has 0 bridgehead atoms. The number of allylic oxidation sites excluding steroid dienone is 1. The Hall–Kier alpha value is -3.53. The standard InChI is InChI=1S/C19H14F2N4O/c1-25-17(13-7-3-2-4-8-13)23-24-18(25)15(12-22)11-14-9-5-6-10-16(14)26-19(20)21/h2-11,19H,1H3. The predicted molar refractivity (Wildman–Crippen MR) is 93.0 cm³/mol. The Morgan fingerprint density at radius 1 is 1.12 bits per heavy atom. The van der Waals surface area contributed by atoms with E-state index in [-0.39, 0.29) is 11.3 Å². The normalized spacial score (nSPS) is 11.4. The lowest BCUT2D eigenvalue weighted by Crippen LogP contribution is -2.03. The lowest BCUT2D eigenvalue weighted by Gasteiger charge is -2.08. The number of nitrogens with zero attached hydrogens (tertiary/aromatic N) is 4. The van der Waals surface area contributed by atoms with Gasteiger partial charge in [0, 0.05) is 18.2 Å². The van der Waals surface area contributed by atoms with Gasteiger partial charge in [-0.15, -0.1) is 10.2 Å². The summed E-state index contributed by atoms with van der Waals surface area (Å²) in [6.07, 6.45) is 1.45. The van der Waals surface area contributed by atoms with E-state index in [1.807, 2.05) is 36.4 Å². The molecule has 0 saturated carbocycles. The molecule has 7 heteroatoms. The van der Waals surface area contributed by atoms with E-state index in [1.54, 1.807) is 29.8 Å². The number of ether oxygens (including phenoxy) is 1. The van der Waals surface area contributed by atoms with Crippen molar-refractivity contribution in [3.63, 3.8) is 0 Å². The molecule has 0 aliphatic rings. The third kappa shape index (κ3) is 3.59. The number of hydrogen-bond acceptors (Lipinski definition) is 4. The molecule has 0 radical (unpaired) electrons. The molecule has 3 aromatic rings. The van der Waals surface area contributed by atoms with Crippen molar-refractivity contribution >= 4 is 11.6 Å². The lowest BCUT2D eigenvalue weighted by atomic mass is 10.1. The van der Waals surface area contributed by atoms with E-state index in [0.717, 1.165) is 5.56 Å². The van der Waals surface area contributed by atoms with Gasteiger partial charge in [-0.3, -0.25) is 0 Å². The fraction of sp³-hybridized carbons (Fsp3) is 0.105. The molecule has 0 atom stereocenters. The van der Waals surface area contributed by atoms with E-state index in [0.29, 0.717) is 17.2 Å². The van der Waals surface area contributed by atoms with E-state index in [4.69, 9.17) is 0 Å². The molecule has 0 amide bonds. The van der Waals surface area contributed by atoms with Crippen LogP contribution in [-0.4, -0.2) is 21.4 Å². The second-order valence-electron chi connectivity index (χ2n) is 5.36. The van der Waals surface area contributed by atoms with Crippen molar-refractivity contribution in [1.29, 1.82) is 5.26 Å². The van der Waals surface area contributed by atoms with Crippen LogP contribution in [0.2, 0.25) is 0 Å². The van der Waals surface area contributed by atoms with Crippen LogP contribution in [0.3, 0.4) is 0 Å². The Kier molecular flexibility index (Phi) is 5.04. The second-order valence-corrected chi connectivity index (χ2v) is 5.36. The molecular formula is C19H14F2N4O. The van der Waals surface area contributed by atoms with Gasteiger partial charge in [-0.2, -0.15) is 14.0 Å². The van der Waals surface area contributed by atoms with Crippen molar-refractivity contribution in [3.8, 4) is 23.2 Å². The highest BCUT2D eigenvalue weighted by molar-refractivity contribution is 5.88. The van der Waals surface area contributed by atoms with E-state index < -0.39 is 6.61 Å². The van der Waals surface area contributed by atoms with Crippen LogP contribution in [0, 0.1) is 11.3 Å². The summed E-state index contributed by atoms with van der Waals surface area (Å²) >= 11 is 0. The summed E-state index contributed by atoms with van der Waals surface area (Å²) in [5, 5.41) is 17.7. The van der Waals surface area contributed by atoms with E-state index in [9.17, 15) is 14.0 Å². The topological polar surface area (TPSA) is 63.7 Å². The molecule has 1 heterocycles. The third-order valence-corrected chi connectivity index (χ3v) is 3.70. The summed E-state index contributed by atoms with van der Waals surface area (Å²) in [4.78, 5) is 0. The van der Waals surface area contributed by atoms with Gasteiger partial charge in [0.05, 0.1) is 5.57 Å². The van der Waals surface area contributed by atoms with Crippen molar-refractivity contribution in [2.24, 2.45) is 7.05 Å². The molecule has 0 aliphatic carbocycles. The zero-order valence-electron chi connectivity index (χ0n) is 13.8. The van der Waals surface area contributed by atoms with Gasteiger partial charge in [0.1, 0.15) is 11.8 Å². The number of halogens is 2. The molecule has 0 aliphatic heterocycles. The Balaban J connectivity index is 2.03. The first-order valence-corrected chi connectivity index (χ1v) is 7.71. The Labute approximate surface area is 148 Å². The number of alkyl halides is 2. The largest absolute Gasteiger partial charge is 0.434 e. The van der Waals surface area contributed by atoms with Crippen molar-refractivity contribution in [3.05, 3.63) is 66.0 Å². The number of rotatable bonds is 5. The van der Waals surface area contributed by atoms with Gasteiger partial charge >= 0.3 is 6.61 Å². The molecular weight excluding hydrogens is 338 g/mol. The molecule has 2 aromatic carbocycles. The smallest absolute Gasteiger partial charge is 0.387 e. The fourth-order valence-corrected chi connectivity index (χ4v) is 2.51. The van der Waals surface area contributed by atoms with Crippen molar-refractivity contribution in [1.82, 2.24) is 14.8 Å². The number of benzene rings is 2. The Morgan fingerprint density at radius 3 is 2.50 bits per heavy atom. The van der Waals surface area contributed by atoms with Gasteiger partial charge in [0.25, 0.3) is 0 Å². The maximum atomic E-state index is 12.6. The van der Waals surface area contributed by atoms with Crippen LogP contribution >= 0.6 is 0 Å². The highest BCUT2D eigenvalue weighted by atomic mass is 19.3. The highest BCUT2D eigenvalue weighted by Gasteiger charge is 2.15. The number of aromatic nitrogens is 3. The summed E-state index contributed by atoms with van der Waals surface area (Å²) in [6.45, 7) is -2.95. The fourth-order valence-electron chi connectivity index (χ4n) is 2.51. The van der Waals surface area contributed by atoms with Gasteiger partial charge < -0.3 is 9.30 Å². The summed E-state index contributed by atoms with van der Waals surface area (Å²) in [5.41, 5.74) is 1.40. The van der Waals surface area contributed by atoms with E-state index in [1.165, 1.54) is 12.1 Å². The van der Waals surface area contributed by atoms with Crippen molar-refractivity contribution in [2.75, 3.05) is 0 Å². The molecule has 3 rings (SSSR count). The minimum atomic E-state index is -2.95. The maximum absolute atomic E-state index is 12.6. The molecule has 130 valence electrons. The number of nitriles is 1. The Morgan fingerprint density at radius 2 is 1.81 bits per heavy atom. The van der Waals surface area contributed by atoms with Crippen LogP contribution in [0.15, 0.2) is 54.6 Å². The Bertz CT molecular complexity index is 975. The van der Waals surface area contributed by atoms with Crippen LogP contribution in [0.4, 0.5) is 8.78 Å². The quantitative estimate of drug-likeness (QED) is 0.647. The van der Waals surface area contributed by atoms with Crippen LogP contribution in [0.25, 0.3) is 23.0 Å². The monoisotopic (exact) mass is 352 g/mol. The van der Waals surface area contributed by atoms with E-state index in [2.05, 4.69) is 14.9 Å². The first-order chi connectivity index (χ1) is 12.6. The van der Waals surface area contributed by atoms with Crippen molar-refractivity contribution < 1.29 is 13.5 Å². The minimum absolute atomic E-state index is 0.0132. The summed E-state index contributed by atoms with van der Waals surface area (Å²) in [6, 6.07) is 17.7. The van der Waals surface area contributed by atoms with Gasteiger partial charge in [-0.05, 0) is 12.1 Å². The molecule has 0 N–H and O–H groups in total. The molecule has 1 aromatic heterocycles. The van der Waals surface area contributed by atoms with E-state index >= 15 is 0 Å². The highest BCUT2D eigenvalue weighted by Crippen LogP contribution is 2.26. The summed E-state index contributed by atoms with van der Waals surface area (Å²) < 4.78 is 31.3. The average Bonchev–Trinajstić information content (AvgIpc) is 3.02. The van der Waals surface area contributed by atoms with Crippen molar-refractivity contribution in [2.45, 2.75) is 6.61 Å². The molecule has 0 unspecified atom stereocenters. The lowest BCUT2D eigenvalue weighted by molar-refractivity contribution is -0.0499. The van der Waals surface area contributed by atoms with Gasteiger partial charge in [-0.25, -0.2) is 0 Å². The molecule has 0 saturated heterocycles. The molecule has 26 heavy (non-hydrogen) atoms. The first kappa shape index (κ1) is 17.3. The van der Waals surface area contributed by atoms with Crippen LogP contribution in [-0.2, 0) is 7.05 Å². The molecule has 5 nitrogen and oxygen atoms in total.